The van der Waals surface area contributed by atoms with Crippen molar-refractivity contribution < 1.29 is 0 Å². The van der Waals surface area contributed by atoms with Gasteiger partial charge in [-0.15, -0.1) is 0 Å². The van der Waals surface area contributed by atoms with Crippen molar-refractivity contribution in [1.29, 1.82) is 0 Å². The quantitative estimate of drug-likeness (QED) is 0.776. The van der Waals surface area contributed by atoms with E-state index in [-0.39, 0.29) is 0 Å². The second kappa shape index (κ2) is 5.60. The molecule has 5 heteroatoms. The smallest absolute Gasteiger partial charge is 0.137 e. The van der Waals surface area contributed by atoms with Crippen LogP contribution >= 0.6 is 0 Å². The molecule has 1 aliphatic carbocycles. The molecular formula is C19H21N5. The number of aromatic nitrogens is 3. The molecule has 3 aromatic rings. The molecule has 122 valence electrons. The number of anilines is 1. The third-order valence-corrected chi connectivity index (χ3v) is 5.00. The predicted octanol–water partition coefficient (Wildman–Crippen LogP) is 3.05. The van der Waals surface area contributed by atoms with Gasteiger partial charge >= 0.3 is 0 Å². The van der Waals surface area contributed by atoms with Gasteiger partial charge in [0.05, 0.1) is 17.6 Å². The molecular weight excluding hydrogens is 298 g/mol. The van der Waals surface area contributed by atoms with Gasteiger partial charge in [0, 0.05) is 18.8 Å². The fourth-order valence-electron chi connectivity index (χ4n) is 3.49. The van der Waals surface area contributed by atoms with Gasteiger partial charge in [-0.05, 0) is 55.5 Å². The summed E-state index contributed by atoms with van der Waals surface area (Å²) in [5, 5.41) is 6.90. The van der Waals surface area contributed by atoms with Crippen molar-refractivity contribution in [2.24, 2.45) is 0 Å². The van der Waals surface area contributed by atoms with E-state index in [2.05, 4.69) is 50.5 Å². The number of fused-ring (bicyclic) bond motifs is 1. The minimum atomic E-state index is 0.469. The molecule has 1 aliphatic heterocycles. The molecule has 5 nitrogen and oxygen atoms in total. The summed E-state index contributed by atoms with van der Waals surface area (Å²) in [4.78, 5) is 9.36. The van der Waals surface area contributed by atoms with E-state index in [1.807, 2.05) is 12.3 Å². The summed E-state index contributed by atoms with van der Waals surface area (Å²) >= 11 is 0. The van der Waals surface area contributed by atoms with Crippen LogP contribution < -0.4 is 10.6 Å². The van der Waals surface area contributed by atoms with E-state index < -0.39 is 0 Å². The van der Waals surface area contributed by atoms with Crippen molar-refractivity contribution in [2.75, 3.05) is 18.4 Å². The number of rotatable bonds is 4. The summed E-state index contributed by atoms with van der Waals surface area (Å²) in [5.74, 6) is 1.68. The molecule has 24 heavy (non-hydrogen) atoms. The average molecular weight is 319 g/mol. The van der Waals surface area contributed by atoms with Gasteiger partial charge in [0.2, 0.25) is 0 Å². The maximum Gasteiger partial charge on any atom is 0.137 e. The lowest BCUT2D eigenvalue weighted by Gasteiger charge is -2.12. The average Bonchev–Trinajstić information content (AvgIpc) is 3.17. The molecule has 3 aromatic heterocycles. The van der Waals surface area contributed by atoms with E-state index in [4.69, 9.17) is 4.98 Å². The Morgan fingerprint density at radius 2 is 2.08 bits per heavy atom. The van der Waals surface area contributed by atoms with Gasteiger partial charge in [0.15, 0.2) is 0 Å². The van der Waals surface area contributed by atoms with E-state index in [1.54, 1.807) is 0 Å². The molecule has 1 saturated heterocycles. The Labute approximate surface area is 141 Å². The summed E-state index contributed by atoms with van der Waals surface area (Å²) in [5.41, 5.74) is 4.41. The van der Waals surface area contributed by atoms with Crippen LogP contribution in [-0.4, -0.2) is 33.5 Å². The summed E-state index contributed by atoms with van der Waals surface area (Å²) in [6.45, 7) is 2.08. The van der Waals surface area contributed by atoms with Gasteiger partial charge in [-0.3, -0.25) is 4.40 Å². The first-order valence-electron chi connectivity index (χ1n) is 8.78. The van der Waals surface area contributed by atoms with Crippen LogP contribution in [-0.2, 0) is 0 Å². The Morgan fingerprint density at radius 3 is 2.92 bits per heavy atom. The Bertz CT molecular complexity index is 874. The van der Waals surface area contributed by atoms with Crippen molar-refractivity contribution in [3.8, 4) is 11.4 Å². The molecule has 1 atom stereocenters. The third kappa shape index (κ3) is 2.55. The Kier molecular flexibility index (Phi) is 3.26. The highest BCUT2D eigenvalue weighted by atomic mass is 15.1. The van der Waals surface area contributed by atoms with Crippen LogP contribution in [0.3, 0.4) is 0 Å². The van der Waals surface area contributed by atoms with Crippen molar-refractivity contribution in [3.63, 3.8) is 0 Å². The van der Waals surface area contributed by atoms with Gasteiger partial charge in [0.1, 0.15) is 11.5 Å². The zero-order chi connectivity index (χ0) is 15.9. The molecule has 2 N–H and O–H groups in total. The van der Waals surface area contributed by atoms with E-state index in [1.165, 1.54) is 18.4 Å². The van der Waals surface area contributed by atoms with Crippen LogP contribution in [0.25, 0.3) is 17.0 Å². The van der Waals surface area contributed by atoms with Crippen molar-refractivity contribution in [1.82, 2.24) is 19.7 Å². The first-order valence-corrected chi connectivity index (χ1v) is 8.78. The molecule has 0 unspecified atom stereocenters. The number of hydrogen-bond donors (Lipinski definition) is 2. The molecule has 0 bridgehead atoms. The number of imidazole rings is 1. The summed E-state index contributed by atoms with van der Waals surface area (Å²) in [6.07, 6.45) is 7.92. The zero-order valence-electron chi connectivity index (χ0n) is 13.6. The van der Waals surface area contributed by atoms with Crippen LogP contribution in [0.5, 0.6) is 0 Å². The number of nitrogens with one attached hydrogen (secondary N) is 2. The number of hydrogen-bond acceptors (Lipinski definition) is 4. The van der Waals surface area contributed by atoms with E-state index in [0.29, 0.717) is 6.04 Å². The first-order chi connectivity index (χ1) is 11.9. The van der Waals surface area contributed by atoms with E-state index >= 15 is 0 Å². The van der Waals surface area contributed by atoms with Gasteiger partial charge < -0.3 is 10.6 Å². The molecule has 1 saturated carbocycles. The molecule has 2 fully saturated rings. The van der Waals surface area contributed by atoms with Crippen LogP contribution in [0.15, 0.2) is 42.7 Å². The maximum atomic E-state index is 4.82. The second-order valence-electron chi connectivity index (χ2n) is 6.85. The summed E-state index contributed by atoms with van der Waals surface area (Å²) in [7, 11) is 0. The molecule has 4 heterocycles. The van der Waals surface area contributed by atoms with Crippen LogP contribution in [0.2, 0.25) is 0 Å². The Balaban J connectivity index is 1.50. The Hall–Kier alpha value is -2.40. The highest BCUT2D eigenvalue weighted by Gasteiger charge is 2.24. The van der Waals surface area contributed by atoms with Gasteiger partial charge in [-0.1, -0.05) is 12.1 Å². The maximum absolute atomic E-state index is 4.82. The van der Waals surface area contributed by atoms with E-state index in [9.17, 15) is 0 Å². The minimum Gasteiger partial charge on any atom is -0.366 e. The third-order valence-electron chi connectivity index (χ3n) is 5.00. The monoisotopic (exact) mass is 319 g/mol. The molecule has 0 radical (unpaired) electrons. The predicted molar refractivity (Wildman–Crippen MR) is 95.3 cm³/mol. The van der Waals surface area contributed by atoms with Crippen molar-refractivity contribution in [2.45, 2.75) is 31.2 Å². The molecule has 2 aliphatic rings. The second-order valence-corrected chi connectivity index (χ2v) is 6.85. The molecule has 5 rings (SSSR count). The summed E-state index contributed by atoms with van der Waals surface area (Å²) < 4.78 is 2.18. The van der Waals surface area contributed by atoms with Crippen LogP contribution in [0, 0.1) is 0 Å². The summed E-state index contributed by atoms with van der Waals surface area (Å²) in [6, 6.07) is 11.0. The largest absolute Gasteiger partial charge is 0.366 e. The van der Waals surface area contributed by atoms with Crippen molar-refractivity contribution >= 4 is 11.5 Å². The zero-order valence-corrected chi connectivity index (χ0v) is 13.6. The minimum absolute atomic E-state index is 0.469. The highest BCUT2D eigenvalue weighted by Crippen LogP contribution is 2.40. The number of nitrogens with zero attached hydrogens (tertiary/aromatic N) is 3. The van der Waals surface area contributed by atoms with Gasteiger partial charge in [-0.2, -0.15) is 0 Å². The van der Waals surface area contributed by atoms with Crippen LogP contribution in [0.4, 0.5) is 5.82 Å². The Morgan fingerprint density at radius 1 is 1.12 bits per heavy atom. The lowest BCUT2D eigenvalue weighted by molar-refractivity contribution is 0.788. The van der Waals surface area contributed by atoms with E-state index in [0.717, 1.165) is 48.3 Å². The fraction of sp³-hybridized carbons (Fsp3) is 0.368. The lowest BCUT2D eigenvalue weighted by atomic mass is 10.2. The lowest BCUT2D eigenvalue weighted by Crippen LogP contribution is -2.22. The van der Waals surface area contributed by atoms with Crippen molar-refractivity contribution in [3.05, 3.63) is 48.3 Å². The standard InChI is InChI=1S/C19H21N5/c1-2-16(23-18(3-1)22-15-8-9-20-10-15)17-11-21-19-7-6-14(12-24(17)19)13-4-5-13/h1-3,6-7,11-13,15,20H,4-5,8-10H2,(H,22,23)/t15-/m1/s1. The first kappa shape index (κ1) is 14.0. The molecule has 0 aromatic carbocycles. The van der Waals surface area contributed by atoms with Gasteiger partial charge in [0.25, 0.3) is 0 Å². The number of pyridine rings is 2. The normalized spacial score (nSPS) is 20.6. The van der Waals surface area contributed by atoms with Gasteiger partial charge in [-0.25, -0.2) is 9.97 Å². The molecule has 0 spiro atoms. The van der Waals surface area contributed by atoms with Crippen LogP contribution in [0.1, 0.15) is 30.7 Å². The topological polar surface area (TPSA) is 54.2 Å². The highest BCUT2D eigenvalue weighted by molar-refractivity contribution is 5.62. The fourth-order valence-corrected chi connectivity index (χ4v) is 3.49. The SMILES string of the molecule is c1cc(N[C@@H]2CCNC2)nc(-c2cnc3ccc(C4CC4)cn23)c1. The molecule has 0 amide bonds.